The standard InChI is InChI=1S/C18H24N6O2S/c19-13-6-8-14(9-7-13)21-17-12-16(18-20-10-11-24(18)22-17)23-27(25,26)15-4-2-1-3-5-15/h1-5,12-14,23H,6-11,19H2,(H,21,22)/t13-,14-. The molecule has 0 atom stereocenters. The quantitative estimate of drug-likeness (QED) is 0.705. The van der Waals surface area contributed by atoms with E-state index in [1.807, 2.05) is 0 Å². The lowest BCUT2D eigenvalue weighted by atomic mass is 9.92. The Morgan fingerprint density at radius 3 is 2.59 bits per heavy atom. The molecule has 2 aliphatic heterocycles. The number of aliphatic imine (C=N–C) groups is 1. The number of amidine groups is 2. The Kier molecular flexibility index (Phi) is 4.88. The van der Waals surface area contributed by atoms with Gasteiger partial charge in [0.2, 0.25) is 0 Å². The van der Waals surface area contributed by atoms with E-state index in [0.29, 0.717) is 36.5 Å². The number of benzene rings is 1. The second-order valence-corrected chi connectivity index (χ2v) is 8.73. The lowest BCUT2D eigenvalue weighted by molar-refractivity contribution is 0.370. The Labute approximate surface area is 159 Å². The number of sulfonamides is 1. The minimum absolute atomic E-state index is 0.217. The van der Waals surface area contributed by atoms with Crippen molar-refractivity contribution >= 4 is 21.7 Å². The second-order valence-electron chi connectivity index (χ2n) is 7.05. The third kappa shape index (κ3) is 3.98. The van der Waals surface area contributed by atoms with Gasteiger partial charge in [-0.05, 0) is 37.8 Å². The van der Waals surface area contributed by atoms with Gasteiger partial charge >= 0.3 is 0 Å². The van der Waals surface area contributed by atoms with E-state index in [2.05, 4.69) is 20.1 Å². The summed E-state index contributed by atoms with van der Waals surface area (Å²) in [6, 6.07) is 8.89. The molecule has 1 fully saturated rings. The molecule has 1 aromatic rings. The molecule has 0 radical (unpaired) electrons. The molecule has 0 unspecified atom stereocenters. The summed E-state index contributed by atoms with van der Waals surface area (Å²) in [6.45, 7) is 1.23. The smallest absolute Gasteiger partial charge is 0.262 e. The van der Waals surface area contributed by atoms with Crippen LogP contribution in [-0.2, 0) is 10.0 Å². The average molecular weight is 388 g/mol. The van der Waals surface area contributed by atoms with E-state index in [-0.39, 0.29) is 10.9 Å². The Hall–Kier alpha value is -2.39. The first-order chi connectivity index (χ1) is 13.0. The third-order valence-corrected chi connectivity index (χ3v) is 6.37. The van der Waals surface area contributed by atoms with Crippen LogP contribution in [0.4, 0.5) is 0 Å². The van der Waals surface area contributed by atoms with Crippen LogP contribution in [0.3, 0.4) is 0 Å². The Morgan fingerprint density at radius 1 is 1.11 bits per heavy atom. The summed E-state index contributed by atoms with van der Waals surface area (Å²) in [5.74, 6) is 1.22. The lowest BCUT2D eigenvalue weighted by Crippen LogP contribution is -2.44. The molecule has 0 saturated heterocycles. The first kappa shape index (κ1) is 18.0. The van der Waals surface area contributed by atoms with Gasteiger partial charge in [-0.25, -0.2) is 13.4 Å². The van der Waals surface area contributed by atoms with Crippen molar-refractivity contribution in [1.29, 1.82) is 0 Å². The number of hydrogen-bond donors (Lipinski definition) is 3. The Bertz CT molecular complexity index is 886. The largest absolute Gasteiger partial charge is 0.366 e. The molecule has 4 N–H and O–H groups in total. The first-order valence-corrected chi connectivity index (χ1v) is 10.7. The van der Waals surface area contributed by atoms with Crippen molar-refractivity contribution < 1.29 is 8.42 Å². The maximum absolute atomic E-state index is 12.7. The highest BCUT2D eigenvalue weighted by molar-refractivity contribution is 7.89. The van der Waals surface area contributed by atoms with Crippen LogP contribution in [0.25, 0.3) is 0 Å². The van der Waals surface area contributed by atoms with Crippen molar-refractivity contribution in [2.24, 2.45) is 15.8 Å². The fraction of sp³-hybridized carbons (Fsp3) is 0.444. The summed E-state index contributed by atoms with van der Waals surface area (Å²) in [4.78, 5) is 4.62. The highest BCUT2D eigenvalue weighted by Crippen LogP contribution is 2.20. The SMILES string of the molecule is N[C@H]1CC[C@H](NC2=NN3CCN=C3C(NS(=O)(=O)c3ccccc3)=C2)CC1. The molecule has 1 saturated carbocycles. The van der Waals surface area contributed by atoms with Crippen LogP contribution in [0, 0.1) is 0 Å². The molecule has 144 valence electrons. The van der Waals surface area contributed by atoms with E-state index in [1.54, 1.807) is 41.4 Å². The highest BCUT2D eigenvalue weighted by Gasteiger charge is 2.29. The zero-order valence-corrected chi connectivity index (χ0v) is 15.8. The fourth-order valence-corrected chi connectivity index (χ4v) is 4.61. The average Bonchev–Trinajstić information content (AvgIpc) is 3.13. The van der Waals surface area contributed by atoms with Crippen molar-refractivity contribution in [3.8, 4) is 0 Å². The van der Waals surface area contributed by atoms with E-state index in [4.69, 9.17) is 5.73 Å². The predicted molar refractivity (Wildman–Crippen MR) is 105 cm³/mol. The van der Waals surface area contributed by atoms with Gasteiger partial charge in [0.1, 0.15) is 5.84 Å². The van der Waals surface area contributed by atoms with Crippen molar-refractivity contribution in [3.05, 3.63) is 42.1 Å². The highest BCUT2D eigenvalue weighted by atomic mass is 32.2. The molecule has 8 nitrogen and oxygen atoms in total. The van der Waals surface area contributed by atoms with E-state index in [1.165, 1.54) is 0 Å². The number of fused-ring (bicyclic) bond motifs is 1. The summed E-state index contributed by atoms with van der Waals surface area (Å²) < 4.78 is 28.1. The number of hydrogen-bond acceptors (Lipinski definition) is 7. The fourth-order valence-electron chi connectivity index (χ4n) is 3.54. The summed E-state index contributed by atoms with van der Waals surface area (Å²) in [5.41, 5.74) is 6.42. The Morgan fingerprint density at radius 2 is 1.85 bits per heavy atom. The topological polar surface area (TPSA) is 112 Å². The van der Waals surface area contributed by atoms with E-state index >= 15 is 0 Å². The van der Waals surface area contributed by atoms with Gasteiger partial charge in [-0.15, -0.1) is 0 Å². The molecule has 1 aliphatic carbocycles. The third-order valence-electron chi connectivity index (χ3n) is 4.99. The van der Waals surface area contributed by atoms with Gasteiger partial charge in [-0.2, -0.15) is 5.10 Å². The normalized spacial score (nSPS) is 25.2. The minimum atomic E-state index is -3.69. The van der Waals surface area contributed by atoms with Crippen molar-refractivity contribution in [3.63, 3.8) is 0 Å². The predicted octanol–water partition coefficient (Wildman–Crippen LogP) is 0.750. The van der Waals surface area contributed by atoms with Crippen LogP contribution in [0.5, 0.6) is 0 Å². The number of rotatable bonds is 4. The number of nitrogens with one attached hydrogen (secondary N) is 2. The van der Waals surface area contributed by atoms with Gasteiger partial charge in [0.25, 0.3) is 10.0 Å². The minimum Gasteiger partial charge on any atom is -0.366 e. The van der Waals surface area contributed by atoms with E-state index in [0.717, 1.165) is 25.7 Å². The summed E-state index contributed by atoms with van der Waals surface area (Å²) in [7, 11) is -3.69. The summed E-state index contributed by atoms with van der Waals surface area (Å²) in [6.07, 6.45) is 5.67. The Balaban J connectivity index is 1.55. The molecular formula is C18H24N6O2S. The number of nitrogens with two attached hydrogens (primary N) is 1. The van der Waals surface area contributed by atoms with Gasteiger partial charge in [0, 0.05) is 18.2 Å². The van der Waals surface area contributed by atoms with Gasteiger partial charge < -0.3 is 11.1 Å². The molecule has 0 amide bonds. The molecule has 4 rings (SSSR count). The molecule has 0 aromatic heterocycles. The maximum Gasteiger partial charge on any atom is 0.262 e. The summed E-state index contributed by atoms with van der Waals surface area (Å²) >= 11 is 0. The van der Waals surface area contributed by atoms with Gasteiger partial charge in [0.15, 0.2) is 5.84 Å². The number of nitrogens with zero attached hydrogens (tertiary/aromatic N) is 3. The first-order valence-electron chi connectivity index (χ1n) is 9.24. The molecule has 9 heteroatoms. The van der Waals surface area contributed by atoms with Crippen molar-refractivity contribution in [2.45, 2.75) is 42.7 Å². The molecular weight excluding hydrogens is 364 g/mol. The van der Waals surface area contributed by atoms with Crippen LogP contribution < -0.4 is 15.8 Å². The molecule has 0 spiro atoms. The van der Waals surface area contributed by atoms with Crippen LogP contribution in [0.2, 0.25) is 0 Å². The van der Waals surface area contributed by atoms with Crippen LogP contribution in [0.1, 0.15) is 25.7 Å². The van der Waals surface area contributed by atoms with Crippen LogP contribution in [0.15, 0.2) is 57.1 Å². The zero-order chi connectivity index (χ0) is 18.9. The van der Waals surface area contributed by atoms with Gasteiger partial charge in [0.05, 0.1) is 23.7 Å². The van der Waals surface area contributed by atoms with Gasteiger partial charge in [-0.3, -0.25) is 9.71 Å². The zero-order valence-electron chi connectivity index (χ0n) is 15.0. The molecule has 0 bridgehead atoms. The maximum atomic E-state index is 12.7. The van der Waals surface area contributed by atoms with Crippen LogP contribution in [-0.4, -0.2) is 50.3 Å². The van der Waals surface area contributed by atoms with Crippen molar-refractivity contribution in [1.82, 2.24) is 15.0 Å². The molecule has 3 aliphatic rings. The number of hydrazone groups is 1. The van der Waals surface area contributed by atoms with Crippen LogP contribution >= 0.6 is 0 Å². The summed E-state index contributed by atoms with van der Waals surface area (Å²) in [5, 5.41) is 9.76. The molecule has 27 heavy (non-hydrogen) atoms. The lowest BCUT2D eigenvalue weighted by Gasteiger charge is -2.30. The van der Waals surface area contributed by atoms with Gasteiger partial charge in [-0.1, -0.05) is 18.2 Å². The second kappa shape index (κ2) is 7.32. The van der Waals surface area contributed by atoms with E-state index in [9.17, 15) is 8.42 Å². The molecule has 2 heterocycles. The van der Waals surface area contributed by atoms with Crippen molar-refractivity contribution in [2.75, 3.05) is 13.1 Å². The van der Waals surface area contributed by atoms with E-state index < -0.39 is 10.0 Å². The monoisotopic (exact) mass is 388 g/mol. The molecule has 1 aromatic carbocycles.